The Morgan fingerprint density at radius 1 is 1.62 bits per heavy atom. The molecule has 0 spiro atoms. The van der Waals surface area contributed by atoms with Crippen LogP contribution in [0.3, 0.4) is 0 Å². The highest BCUT2D eigenvalue weighted by Crippen LogP contribution is 2.23. The Morgan fingerprint density at radius 2 is 2.31 bits per heavy atom. The first-order chi connectivity index (χ1) is 7.43. The summed E-state index contributed by atoms with van der Waals surface area (Å²) in [6, 6.07) is -0.250. The molecule has 2 N–H and O–H groups in total. The lowest BCUT2D eigenvalue weighted by molar-refractivity contribution is -0.119. The number of hydrogen-bond acceptors (Lipinski definition) is 5. The molecular weight excluding hydrogens is 250 g/mol. The summed E-state index contributed by atoms with van der Waals surface area (Å²) in [6.07, 6.45) is 0.635. The summed E-state index contributed by atoms with van der Waals surface area (Å²) in [7, 11) is -2.86. The van der Waals surface area contributed by atoms with Crippen molar-refractivity contribution in [3.8, 4) is 0 Å². The third-order valence-electron chi connectivity index (χ3n) is 2.32. The minimum Gasteiger partial charge on any atom is -0.394 e. The van der Waals surface area contributed by atoms with E-state index in [4.69, 9.17) is 5.11 Å². The molecule has 5 nitrogen and oxygen atoms in total. The van der Waals surface area contributed by atoms with Crippen molar-refractivity contribution >= 4 is 27.5 Å². The van der Waals surface area contributed by atoms with Gasteiger partial charge in [-0.25, -0.2) is 8.42 Å². The first-order valence-electron chi connectivity index (χ1n) is 5.15. The van der Waals surface area contributed by atoms with E-state index < -0.39 is 9.84 Å². The van der Waals surface area contributed by atoms with Crippen LogP contribution in [0, 0.1) is 0 Å². The van der Waals surface area contributed by atoms with Gasteiger partial charge in [0.15, 0.2) is 9.84 Å². The van der Waals surface area contributed by atoms with E-state index >= 15 is 0 Å². The molecule has 1 fully saturated rings. The van der Waals surface area contributed by atoms with E-state index in [1.807, 2.05) is 0 Å². The Bertz CT molecular complexity index is 341. The quantitative estimate of drug-likeness (QED) is 0.695. The fourth-order valence-corrected chi connectivity index (χ4v) is 4.90. The molecule has 0 saturated carbocycles. The van der Waals surface area contributed by atoms with Gasteiger partial charge in [-0.05, 0) is 13.3 Å². The van der Waals surface area contributed by atoms with Crippen LogP contribution in [0.15, 0.2) is 0 Å². The maximum absolute atomic E-state index is 11.3. The summed E-state index contributed by atoms with van der Waals surface area (Å²) in [5.41, 5.74) is 0. The summed E-state index contributed by atoms with van der Waals surface area (Å²) >= 11 is 1.37. The largest absolute Gasteiger partial charge is 0.394 e. The maximum atomic E-state index is 11.3. The summed E-state index contributed by atoms with van der Waals surface area (Å²) in [5, 5.41) is 11.4. The molecule has 94 valence electrons. The molecule has 1 aliphatic heterocycles. The van der Waals surface area contributed by atoms with Gasteiger partial charge in [-0.1, -0.05) is 0 Å². The van der Waals surface area contributed by atoms with E-state index in [0.717, 1.165) is 0 Å². The lowest BCUT2D eigenvalue weighted by atomic mass is 10.4. The molecule has 1 saturated heterocycles. The van der Waals surface area contributed by atoms with Crippen molar-refractivity contribution < 1.29 is 18.3 Å². The minimum atomic E-state index is -2.86. The van der Waals surface area contributed by atoms with Crippen LogP contribution in [0.1, 0.15) is 13.3 Å². The summed E-state index contributed by atoms with van der Waals surface area (Å²) in [6.45, 7) is 1.62. The zero-order valence-electron chi connectivity index (χ0n) is 9.18. The van der Waals surface area contributed by atoms with E-state index in [0.29, 0.717) is 6.42 Å². The smallest absolute Gasteiger partial charge is 0.230 e. The number of rotatable bonds is 5. The first kappa shape index (κ1) is 13.8. The monoisotopic (exact) mass is 267 g/mol. The second-order valence-electron chi connectivity index (χ2n) is 3.99. The van der Waals surface area contributed by atoms with E-state index in [1.165, 1.54) is 11.8 Å². The second-order valence-corrected chi connectivity index (χ2v) is 7.50. The van der Waals surface area contributed by atoms with E-state index in [2.05, 4.69) is 5.32 Å². The Labute approximate surface area is 99.9 Å². The van der Waals surface area contributed by atoms with Crippen LogP contribution < -0.4 is 5.32 Å². The van der Waals surface area contributed by atoms with Gasteiger partial charge >= 0.3 is 0 Å². The molecule has 1 heterocycles. The van der Waals surface area contributed by atoms with Crippen LogP contribution >= 0.6 is 11.8 Å². The van der Waals surface area contributed by atoms with Crippen LogP contribution in [0.5, 0.6) is 0 Å². The summed E-state index contributed by atoms with van der Waals surface area (Å²) in [5.74, 6) is 0.514. The molecular formula is C9H17NO4S2. The fourth-order valence-electron chi connectivity index (χ4n) is 1.45. The minimum absolute atomic E-state index is 0.0418. The number of nitrogens with one attached hydrogen (secondary N) is 1. The van der Waals surface area contributed by atoms with Gasteiger partial charge < -0.3 is 10.4 Å². The van der Waals surface area contributed by atoms with Crippen molar-refractivity contribution in [2.24, 2.45) is 0 Å². The number of thioether (sulfide) groups is 1. The standard InChI is InChI=1S/C9H17NO4S2/c1-7(4-11)10-9(12)5-15-8-2-3-16(13,14)6-8/h7-8,11H,2-6H2,1H3,(H,10,12). The molecule has 0 radical (unpaired) electrons. The fraction of sp³-hybridized carbons (Fsp3) is 0.889. The highest BCUT2D eigenvalue weighted by molar-refractivity contribution is 8.02. The van der Waals surface area contributed by atoms with Crippen molar-refractivity contribution in [1.82, 2.24) is 5.32 Å². The number of carbonyl (C=O) groups is 1. The predicted molar refractivity (Wildman–Crippen MR) is 64.2 cm³/mol. The lowest BCUT2D eigenvalue weighted by Gasteiger charge is -2.11. The lowest BCUT2D eigenvalue weighted by Crippen LogP contribution is -2.36. The Balaban J connectivity index is 2.23. The Hall–Kier alpha value is -0.270. The predicted octanol–water partition coefficient (Wildman–Crippen LogP) is -0.596. The van der Waals surface area contributed by atoms with Gasteiger partial charge in [0, 0.05) is 11.3 Å². The third-order valence-corrected chi connectivity index (χ3v) is 5.60. The highest BCUT2D eigenvalue weighted by atomic mass is 32.2. The Kier molecular flexibility index (Phi) is 5.07. The van der Waals surface area contributed by atoms with Crippen molar-refractivity contribution in [3.05, 3.63) is 0 Å². The van der Waals surface area contributed by atoms with Crippen molar-refractivity contribution in [3.63, 3.8) is 0 Å². The molecule has 2 atom stereocenters. The van der Waals surface area contributed by atoms with Gasteiger partial charge in [0.1, 0.15) is 0 Å². The zero-order chi connectivity index (χ0) is 12.2. The van der Waals surface area contributed by atoms with Gasteiger partial charge in [-0.3, -0.25) is 4.79 Å². The van der Waals surface area contributed by atoms with Crippen LogP contribution in [0.2, 0.25) is 0 Å². The van der Waals surface area contributed by atoms with Crippen molar-refractivity contribution in [1.29, 1.82) is 0 Å². The van der Waals surface area contributed by atoms with E-state index in [1.54, 1.807) is 6.92 Å². The second kappa shape index (κ2) is 5.88. The number of aliphatic hydroxyl groups excluding tert-OH is 1. The van der Waals surface area contributed by atoms with Gasteiger partial charge in [-0.15, -0.1) is 11.8 Å². The molecule has 0 aromatic carbocycles. The van der Waals surface area contributed by atoms with Gasteiger partial charge in [0.2, 0.25) is 5.91 Å². The van der Waals surface area contributed by atoms with Gasteiger partial charge in [0.05, 0.1) is 23.9 Å². The third kappa shape index (κ3) is 4.71. The number of sulfone groups is 1. The topological polar surface area (TPSA) is 83.5 Å². The molecule has 0 bridgehead atoms. The summed E-state index contributed by atoms with van der Waals surface area (Å²) in [4.78, 5) is 11.3. The number of hydrogen-bond donors (Lipinski definition) is 2. The molecule has 1 rings (SSSR count). The van der Waals surface area contributed by atoms with Crippen LogP contribution in [0.4, 0.5) is 0 Å². The average Bonchev–Trinajstić information content (AvgIpc) is 2.55. The number of amides is 1. The molecule has 1 amide bonds. The maximum Gasteiger partial charge on any atom is 0.230 e. The molecule has 0 aliphatic carbocycles. The first-order valence-corrected chi connectivity index (χ1v) is 8.02. The van der Waals surface area contributed by atoms with Crippen LogP contribution in [-0.4, -0.2) is 54.6 Å². The van der Waals surface area contributed by atoms with E-state index in [-0.39, 0.29) is 41.1 Å². The molecule has 0 aromatic heterocycles. The SMILES string of the molecule is CC(CO)NC(=O)CSC1CCS(=O)(=O)C1. The zero-order valence-corrected chi connectivity index (χ0v) is 10.8. The molecule has 7 heteroatoms. The van der Waals surface area contributed by atoms with Crippen molar-refractivity contribution in [2.75, 3.05) is 23.9 Å². The molecule has 1 aliphatic rings. The van der Waals surface area contributed by atoms with Crippen molar-refractivity contribution in [2.45, 2.75) is 24.6 Å². The van der Waals surface area contributed by atoms with Crippen LogP contribution in [0.25, 0.3) is 0 Å². The average molecular weight is 267 g/mol. The molecule has 16 heavy (non-hydrogen) atoms. The summed E-state index contributed by atoms with van der Waals surface area (Å²) < 4.78 is 22.3. The molecule has 0 aromatic rings. The highest BCUT2D eigenvalue weighted by Gasteiger charge is 2.28. The van der Waals surface area contributed by atoms with Gasteiger partial charge in [0.25, 0.3) is 0 Å². The Morgan fingerprint density at radius 3 is 2.81 bits per heavy atom. The number of carbonyl (C=O) groups excluding carboxylic acids is 1. The molecule has 2 unspecified atom stereocenters. The normalized spacial score (nSPS) is 25.2. The number of aliphatic hydroxyl groups is 1. The van der Waals surface area contributed by atoms with Crippen LogP contribution in [-0.2, 0) is 14.6 Å². The van der Waals surface area contributed by atoms with Gasteiger partial charge in [-0.2, -0.15) is 0 Å². The van der Waals surface area contributed by atoms with E-state index in [9.17, 15) is 13.2 Å².